The summed E-state index contributed by atoms with van der Waals surface area (Å²) in [6.07, 6.45) is 1.62. The number of hydrogen-bond donors (Lipinski definition) is 3. The fourth-order valence-electron chi connectivity index (χ4n) is 2.50. The molecule has 1 atom stereocenters. The third-order valence-corrected chi connectivity index (χ3v) is 3.32. The number of amides is 1. The molecule has 0 aliphatic carbocycles. The number of methoxy groups -OCH3 is 1. The summed E-state index contributed by atoms with van der Waals surface area (Å²) in [5.41, 5.74) is 10.7. The molecule has 0 radical (unpaired) electrons. The minimum Gasteiger partial charge on any atom is -0.497 e. The van der Waals surface area contributed by atoms with Gasteiger partial charge in [-0.25, -0.2) is 0 Å². The van der Waals surface area contributed by atoms with Gasteiger partial charge >= 0.3 is 0 Å². The zero-order valence-corrected chi connectivity index (χ0v) is 11.6. The molecule has 0 unspecified atom stereocenters. The van der Waals surface area contributed by atoms with E-state index in [1.807, 2.05) is 0 Å². The van der Waals surface area contributed by atoms with Crippen molar-refractivity contribution < 1.29 is 19.0 Å². The second-order valence-corrected chi connectivity index (χ2v) is 4.79. The van der Waals surface area contributed by atoms with Crippen LogP contribution >= 0.6 is 0 Å². The molecule has 0 fully saturated rings. The van der Waals surface area contributed by atoms with Crippen molar-refractivity contribution in [3.63, 3.8) is 0 Å². The van der Waals surface area contributed by atoms with Gasteiger partial charge < -0.3 is 31.0 Å². The van der Waals surface area contributed by atoms with Crippen molar-refractivity contribution in [1.82, 2.24) is 0 Å². The SMILES string of the molecule is COc1ccc2c(c1)N[C@@]1(C=C(C)OC(N)=C1C(N)=O)O2. The van der Waals surface area contributed by atoms with E-state index in [0.717, 1.165) is 0 Å². The quantitative estimate of drug-likeness (QED) is 0.742. The van der Waals surface area contributed by atoms with E-state index in [-0.39, 0.29) is 11.5 Å². The highest BCUT2D eigenvalue weighted by molar-refractivity contribution is 5.97. The van der Waals surface area contributed by atoms with Gasteiger partial charge in [-0.2, -0.15) is 0 Å². The maximum absolute atomic E-state index is 11.7. The standard InChI is InChI=1S/C14H15N3O4/c1-7-6-14(11(12(15)18)13(16)20-7)17-9-5-8(19-2)3-4-10(9)21-14/h3-6,17H,16H2,1-2H3,(H2,15,18)/t14-/m0/s1. The molecule has 5 N–H and O–H groups in total. The van der Waals surface area contributed by atoms with Crippen molar-refractivity contribution in [3.05, 3.63) is 41.5 Å². The van der Waals surface area contributed by atoms with Crippen LogP contribution in [0.3, 0.4) is 0 Å². The largest absolute Gasteiger partial charge is 0.497 e. The highest BCUT2D eigenvalue weighted by Gasteiger charge is 2.48. The molecular weight excluding hydrogens is 274 g/mol. The first kappa shape index (κ1) is 13.2. The van der Waals surface area contributed by atoms with Crippen molar-refractivity contribution in [2.75, 3.05) is 12.4 Å². The van der Waals surface area contributed by atoms with Gasteiger partial charge in [0.25, 0.3) is 5.91 Å². The fraction of sp³-hybridized carbons (Fsp3) is 0.214. The number of allylic oxidation sites excluding steroid dienone is 1. The molecule has 0 bridgehead atoms. The van der Waals surface area contributed by atoms with E-state index in [1.165, 1.54) is 0 Å². The Balaban J connectivity index is 2.09. The van der Waals surface area contributed by atoms with Crippen molar-refractivity contribution in [3.8, 4) is 11.5 Å². The number of nitrogens with one attached hydrogen (secondary N) is 1. The lowest BCUT2D eigenvalue weighted by Crippen LogP contribution is -2.48. The monoisotopic (exact) mass is 289 g/mol. The van der Waals surface area contributed by atoms with E-state index in [1.54, 1.807) is 38.3 Å². The van der Waals surface area contributed by atoms with Crippen LogP contribution in [-0.4, -0.2) is 18.7 Å². The Morgan fingerprint density at radius 2 is 2.19 bits per heavy atom. The third kappa shape index (κ3) is 1.94. The molecule has 2 aliphatic rings. The summed E-state index contributed by atoms with van der Waals surface area (Å²) in [5, 5.41) is 3.12. The Bertz CT molecular complexity index is 695. The van der Waals surface area contributed by atoms with Gasteiger partial charge in [-0.1, -0.05) is 0 Å². The molecule has 0 saturated heterocycles. The van der Waals surface area contributed by atoms with Gasteiger partial charge in [0.1, 0.15) is 22.8 Å². The van der Waals surface area contributed by atoms with Gasteiger partial charge in [-0.15, -0.1) is 0 Å². The summed E-state index contributed by atoms with van der Waals surface area (Å²) in [6.45, 7) is 1.71. The highest BCUT2D eigenvalue weighted by atomic mass is 16.5. The van der Waals surface area contributed by atoms with Crippen LogP contribution in [0.1, 0.15) is 6.92 Å². The lowest BCUT2D eigenvalue weighted by molar-refractivity contribution is -0.116. The van der Waals surface area contributed by atoms with Crippen molar-refractivity contribution in [2.45, 2.75) is 12.6 Å². The Kier molecular flexibility index (Phi) is 2.72. The minimum absolute atomic E-state index is 0.0308. The summed E-state index contributed by atoms with van der Waals surface area (Å²) in [5.74, 6) is 0.934. The number of hydrogen-bond acceptors (Lipinski definition) is 6. The first-order valence-corrected chi connectivity index (χ1v) is 6.28. The van der Waals surface area contributed by atoms with Crippen molar-refractivity contribution >= 4 is 11.6 Å². The molecule has 1 aromatic rings. The maximum atomic E-state index is 11.7. The van der Waals surface area contributed by atoms with Gasteiger partial charge in [0.05, 0.1) is 12.8 Å². The summed E-state index contributed by atoms with van der Waals surface area (Å²) in [4.78, 5) is 11.7. The number of rotatable bonds is 2. The van der Waals surface area contributed by atoms with E-state index in [2.05, 4.69) is 5.32 Å². The van der Waals surface area contributed by atoms with E-state index in [4.69, 9.17) is 25.7 Å². The Labute approximate surface area is 121 Å². The second-order valence-electron chi connectivity index (χ2n) is 4.79. The van der Waals surface area contributed by atoms with E-state index < -0.39 is 11.6 Å². The van der Waals surface area contributed by atoms with E-state index in [9.17, 15) is 4.79 Å². The van der Waals surface area contributed by atoms with Crippen LogP contribution in [0.25, 0.3) is 0 Å². The lowest BCUT2D eigenvalue weighted by Gasteiger charge is -2.31. The van der Waals surface area contributed by atoms with Crippen LogP contribution in [0.15, 0.2) is 41.5 Å². The zero-order valence-electron chi connectivity index (χ0n) is 11.6. The summed E-state index contributed by atoms with van der Waals surface area (Å²) >= 11 is 0. The molecule has 1 amide bonds. The molecular formula is C14H15N3O4. The number of nitrogens with two attached hydrogens (primary N) is 2. The Hall–Kier alpha value is -2.83. The number of fused-ring (bicyclic) bond motifs is 1. The first-order chi connectivity index (χ1) is 9.95. The number of primary amides is 1. The smallest absolute Gasteiger partial charge is 0.256 e. The average Bonchev–Trinajstić information content (AvgIpc) is 2.73. The Morgan fingerprint density at radius 1 is 1.43 bits per heavy atom. The van der Waals surface area contributed by atoms with Crippen LogP contribution < -0.4 is 26.3 Å². The third-order valence-electron chi connectivity index (χ3n) is 3.32. The molecule has 1 aromatic carbocycles. The normalized spacial score (nSPS) is 22.9. The molecule has 0 aromatic heterocycles. The second kappa shape index (κ2) is 4.34. The van der Waals surface area contributed by atoms with Gasteiger partial charge in [-0.05, 0) is 19.1 Å². The first-order valence-electron chi connectivity index (χ1n) is 6.28. The van der Waals surface area contributed by atoms with E-state index >= 15 is 0 Å². The molecule has 110 valence electrons. The molecule has 2 aliphatic heterocycles. The van der Waals surface area contributed by atoms with Crippen LogP contribution in [0.2, 0.25) is 0 Å². The van der Waals surface area contributed by atoms with Crippen molar-refractivity contribution in [2.24, 2.45) is 11.5 Å². The Morgan fingerprint density at radius 3 is 2.86 bits per heavy atom. The minimum atomic E-state index is -1.26. The molecule has 7 nitrogen and oxygen atoms in total. The zero-order chi connectivity index (χ0) is 15.2. The number of carbonyl (C=O) groups is 1. The van der Waals surface area contributed by atoms with Gasteiger partial charge in [0, 0.05) is 12.1 Å². The summed E-state index contributed by atoms with van der Waals surface area (Å²) < 4.78 is 16.3. The molecule has 7 heteroatoms. The molecule has 1 spiro atoms. The molecule has 0 saturated carbocycles. The van der Waals surface area contributed by atoms with Crippen LogP contribution in [0.5, 0.6) is 11.5 Å². The molecule has 2 heterocycles. The predicted molar refractivity (Wildman–Crippen MR) is 75.2 cm³/mol. The average molecular weight is 289 g/mol. The van der Waals surface area contributed by atoms with Gasteiger partial charge in [0.2, 0.25) is 11.6 Å². The fourth-order valence-corrected chi connectivity index (χ4v) is 2.50. The number of anilines is 1. The lowest BCUT2D eigenvalue weighted by atomic mass is 9.99. The maximum Gasteiger partial charge on any atom is 0.256 e. The topological polar surface area (TPSA) is 109 Å². The van der Waals surface area contributed by atoms with Crippen LogP contribution in [-0.2, 0) is 9.53 Å². The number of benzene rings is 1. The number of ether oxygens (including phenoxy) is 3. The van der Waals surface area contributed by atoms with Crippen LogP contribution in [0.4, 0.5) is 5.69 Å². The van der Waals surface area contributed by atoms with Gasteiger partial charge in [0.15, 0.2) is 0 Å². The summed E-state index contributed by atoms with van der Waals surface area (Å²) in [6, 6.07) is 5.26. The molecule has 21 heavy (non-hydrogen) atoms. The predicted octanol–water partition coefficient (Wildman–Crippen LogP) is 0.785. The van der Waals surface area contributed by atoms with E-state index in [0.29, 0.717) is 22.9 Å². The van der Waals surface area contributed by atoms with Crippen LogP contribution in [0, 0.1) is 0 Å². The molecule has 3 rings (SSSR count). The summed E-state index contributed by atoms with van der Waals surface area (Å²) in [7, 11) is 1.57. The number of carbonyl (C=O) groups excluding carboxylic acids is 1. The van der Waals surface area contributed by atoms with Gasteiger partial charge in [-0.3, -0.25) is 4.79 Å². The highest BCUT2D eigenvalue weighted by Crippen LogP contribution is 2.44. The van der Waals surface area contributed by atoms with Crippen molar-refractivity contribution in [1.29, 1.82) is 0 Å².